The number of nitrogens with one attached hydrogen (secondary N) is 1. The first-order valence-corrected chi connectivity index (χ1v) is 6.59. The van der Waals surface area contributed by atoms with Gasteiger partial charge in [-0.2, -0.15) is 0 Å². The van der Waals surface area contributed by atoms with E-state index < -0.39 is 0 Å². The third-order valence-corrected chi connectivity index (χ3v) is 4.27. The van der Waals surface area contributed by atoms with Crippen molar-refractivity contribution in [2.75, 3.05) is 26.0 Å². The van der Waals surface area contributed by atoms with E-state index in [1.165, 1.54) is 19.3 Å². The summed E-state index contributed by atoms with van der Waals surface area (Å²) < 4.78 is 1.08. The van der Waals surface area contributed by atoms with Crippen molar-refractivity contribution in [3.63, 3.8) is 0 Å². The first kappa shape index (κ1) is 12.0. The van der Waals surface area contributed by atoms with E-state index in [-0.39, 0.29) is 0 Å². The van der Waals surface area contributed by atoms with Crippen molar-refractivity contribution in [1.29, 1.82) is 0 Å². The van der Waals surface area contributed by atoms with Gasteiger partial charge >= 0.3 is 0 Å². The molecule has 1 aromatic rings. The van der Waals surface area contributed by atoms with Gasteiger partial charge in [-0.05, 0) is 55.9 Å². The standard InChI is InChI=1S/C11H17IN4/c1-16(2)11(4-3-5-11)7-14-10-9(12)6-13-8-15-10/h6,8H,3-5,7H2,1-2H3,(H,13,14,15). The van der Waals surface area contributed by atoms with Crippen molar-refractivity contribution in [2.24, 2.45) is 0 Å². The lowest BCUT2D eigenvalue weighted by atomic mass is 9.75. The van der Waals surface area contributed by atoms with Crippen molar-refractivity contribution in [1.82, 2.24) is 14.9 Å². The molecule has 1 N–H and O–H groups in total. The van der Waals surface area contributed by atoms with E-state index in [2.05, 4.69) is 56.9 Å². The molecule has 1 heterocycles. The van der Waals surface area contributed by atoms with Crippen LogP contribution in [0.15, 0.2) is 12.5 Å². The smallest absolute Gasteiger partial charge is 0.142 e. The van der Waals surface area contributed by atoms with Crippen LogP contribution < -0.4 is 5.32 Å². The van der Waals surface area contributed by atoms with Crippen molar-refractivity contribution in [3.8, 4) is 0 Å². The minimum Gasteiger partial charge on any atom is -0.367 e. The van der Waals surface area contributed by atoms with E-state index in [4.69, 9.17) is 0 Å². The highest BCUT2D eigenvalue weighted by atomic mass is 127. The number of halogens is 1. The zero-order chi connectivity index (χ0) is 11.6. The summed E-state index contributed by atoms with van der Waals surface area (Å²) in [6.45, 7) is 0.965. The van der Waals surface area contributed by atoms with Gasteiger partial charge in [-0.1, -0.05) is 0 Å². The third-order valence-electron chi connectivity index (χ3n) is 3.49. The Morgan fingerprint density at radius 1 is 1.50 bits per heavy atom. The molecule has 4 nitrogen and oxygen atoms in total. The minimum absolute atomic E-state index is 0.327. The molecular formula is C11H17IN4. The van der Waals surface area contributed by atoms with Gasteiger partial charge in [0.2, 0.25) is 0 Å². The molecule has 0 aromatic carbocycles. The van der Waals surface area contributed by atoms with Crippen molar-refractivity contribution < 1.29 is 0 Å². The second-order valence-corrected chi connectivity index (χ2v) is 5.71. The molecule has 0 atom stereocenters. The quantitative estimate of drug-likeness (QED) is 0.856. The van der Waals surface area contributed by atoms with Gasteiger partial charge in [-0.15, -0.1) is 0 Å². The van der Waals surface area contributed by atoms with Crippen LogP contribution in [0.5, 0.6) is 0 Å². The molecule has 2 rings (SSSR count). The fourth-order valence-electron chi connectivity index (χ4n) is 2.06. The lowest BCUT2D eigenvalue weighted by molar-refractivity contribution is 0.0738. The van der Waals surface area contributed by atoms with Crippen molar-refractivity contribution >= 4 is 28.4 Å². The van der Waals surface area contributed by atoms with E-state index in [9.17, 15) is 0 Å². The molecule has 0 saturated heterocycles. The molecule has 1 aromatic heterocycles. The molecule has 0 aliphatic heterocycles. The van der Waals surface area contributed by atoms with E-state index in [1.54, 1.807) is 6.33 Å². The molecule has 88 valence electrons. The van der Waals surface area contributed by atoms with Gasteiger partial charge in [0, 0.05) is 18.3 Å². The molecule has 1 saturated carbocycles. The maximum Gasteiger partial charge on any atom is 0.142 e. The number of hydrogen-bond acceptors (Lipinski definition) is 4. The summed E-state index contributed by atoms with van der Waals surface area (Å²) in [5.74, 6) is 0.948. The first-order valence-electron chi connectivity index (χ1n) is 5.51. The van der Waals surface area contributed by atoms with E-state index in [0.29, 0.717) is 5.54 Å². The maximum atomic E-state index is 4.25. The Bertz CT molecular complexity index is 363. The summed E-state index contributed by atoms with van der Waals surface area (Å²) >= 11 is 2.26. The zero-order valence-corrected chi connectivity index (χ0v) is 11.9. The molecule has 5 heteroatoms. The van der Waals surface area contributed by atoms with Crippen LogP contribution in [0, 0.1) is 3.57 Å². The third kappa shape index (κ3) is 2.29. The van der Waals surface area contributed by atoms with E-state index in [0.717, 1.165) is 15.9 Å². The van der Waals surface area contributed by atoms with Crippen LogP contribution >= 0.6 is 22.6 Å². The van der Waals surface area contributed by atoms with Crippen LogP contribution in [0.25, 0.3) is 0 Å². The second kappa shape index (κ2) is 4.83. The number of hydrogen-bond donors (Lipinski definition) is 1. The summed E-state index contributed by atoms with van der Waals surface area (Å²) in [6, 6.07) is 0. The monoisotopic (exact) mass is 332 g/mol. The summed E-state index contributed by atoms with van der Waals surface area (Å²) in [5.41, 5.74) is 0.327. The van der Waals surface area contributed by atoms with Gasteiger partial charge in [0.15, 0.2) is 0 Å². The van der Waals surface area contributed by atoms with E-state index >= 15 is 0 Å². The Morgan fingerprint density at radius 3 is 2.75 bits per heavy atom. The summed E-state index contributed by atoms with van der Waals surface area (Å²) in [4.78, 5) is 10.6. The summed E-state index contributed by atoms with van der Waals surface area (Å²) in [6.07, 6.45) is 7.30. The van der Waals surface area contributed by atoms with Gasteiger partial charge in [-0.25, -0.2) is 9.97 Å². The predicted molar refractivity (Wildman–Crippen MR) is 73.5 cm³/mol. The van der Waals surface area contributed by atoms with Gasteiger partial charge < -0.3 is 10.2 Å². The van der Waals surface area contributed by atoms with Crippen LogP contribution in [0.1, 0.15) is 19.3 Å². The molecule has 0 radical (unpaired) electrons. The van der Waals surface area contributed by atoms with Gasteiger partial charge in [0.25, 0.3) is 0 Å². The highest BCUT2D eigenvalue weighted by molar-refractivity contribution is 14.1. The Morgan fingerprint density at radius 2 is 2.25 bits per heavy atom. The Hall–Kier alpha value is -0.430. The normalized spacial score (nSPS) is 18.2. The second-order valence-electron chi connectivity index (χ2n) is 4.55. The summed E-state index contributed by atoms with van der Waals surface area (Å²) in [5, 5.41) is 3.44. The number of likely N-dealkylation sites (N-methyl/N-ethyl adjacent to an activating group) is 1. The molecule has 0 unspecified atom stereocenters. The largest absolute Gasteiger partial charge is 0.367 e. The number of rotatable bonds is 4. The molecule has 0 spiro atoms. The molecule has 1 aliphatic carbocycles. The van der Waals surface area contributed by atoms with Crippen LogP contribution in [0.4, 0.5) is 5.82 Å². The van der Waals surface area contributed by atoms with Crippen molar-refractivity contribution in [2.45, 2.75) is 24.8 Å². The molecule has 1 aliphatic rings. The van der Waals surface area contributed by atoms with Crippen LogP contribution in [-0.2, 0) is 0 Å². The zero-order valence-electron chi connectivity index (χ0n) is 9.70. The van der Waals surface area contributed by atoms with Gasteiger partial charge in [-0.3, -0.25) is 0 Å². The highest BCUT2D eigenvalue weighted by Crippen LogP contribution is 2.36. The van der Waals surface area contributed by atoms with Crippen molar-refractivity contribution in [3.05, 3.63) is 16.1 Å². The van der Waals surface area contributed by atoms with Crippen LogP contribution in [0.3, 0.4) is 0 Å². The number of aromatic nitrogens is 2. The molecule has 0 amide bonds. The Balaban J connectivity index is 1.99. The number of anilines is 1. The molecular weight excluding hydrogens is 315 g/mol. The summed E-state index contributed by atoms with van der Waals surface area (Å²) in [7, 11) is 4.32. The highest BCUT2D eigenvalue weighted by Gasteiger charge is 2.38. The fourth-order valence-corrected chi connectivity index (χ4v) is 2.55. The van der Waals surface area contributed by atoms with Crippen LogP contribution in [-0.4, -0.2) is 41.0 Å². The van der Waals surface area contributed by atoms with Crippen LogP contribution in [0.2, 0.25) is 0 Å². The molecule has 0 bridgehead atoms. The first-order chi connectivity index (χ1) is 7.64. The van der Waals surface area contributed by atoms with Gasteiger partial charge in [0.05, 0.1) is 3.57 Å². The average Bonchev–Trinajstić information content (AvgIpc) is 2.18. The molecule has 1 fully saturated rings. The number of nitrogens with zero attached hydrogens (tertiary/aromatic N) is 3. The Labute approximate surface area is 110 Å². The molecule has 16 heavy (non-hydrogen) atoms. The SMILES string of the molecule is CN(C)C1(CNc2ncncc2I)CCC1. The average molecular weight is 332 g/mol. The lowest BCUT2D eigenvalue weighted by Crippen LogP contribution is -2.54. The lowest BCUT2D eigenvalue weighted by Gasteiger charge is -2.47. The van der Waals surface area contributed by atoms with Gasteiger partial charge in [0.1, 0.15) is 12.1 Å². The van der Waals surface area contributed by atoms with E-state index in [1.807, 2.05) is 6.20 Å². The Kier molecular flexibility index (Phi) is 3.63. The minimum atomic E-state index is 0.327. The maximum absolute atomic E-state index is 4.25. The fraction of sp³-hybridized carbons (Fsp3) is 0.636. The predicted octanol–water partition coefficient (Wildman–Crippen LogP) is 1.98. The topological polar surface area (TPSA) is 41.0 Å².